The minimum atomic E-state index is -1.80. The number of benzene rings is 2. The van der Waals surface area contributed by atoms with Crippen LogP contribution in [0.25, 0.3) is 0 Å². The lowest BCUT2D eigenvalue weighted by Crippen LogP contribution is -2.48. The van der Waals surface area contributed by atoms with E-state index >= 15 is 0 Å². The van der Waals surface area contributed by atoms with E-state index in [2.05, 4.69) is 10.5 Å². The second-order valence-electron chi connectivity index (χ2n) is 7.20. The number of fused-ring (bicyclic) bond motifs is 1. The van der Waals surface area contributed by atoms with Crippen LogP contribution in [0, 0.1) is 23.0 Å². The topological polar surface area (TPSA) is 131 Å². The number of rotatable bonds is 5. The van der Waals surface area contributed by atoms with Crippen molar-refractivity contribution in [3.05, 3.63) is 69.8 Å². The molecule has 31 heavy (non-hydrogen) atoms. The summed E-state index contributed by atoms with van der Waals surface area (Å²) in [5, 5.41) is 15.3. The average molecular weight is 422 g/mol. The van der Waals surface area contributed by atoms with Crippen LogP contribution >= 0.6 is 0 Å². The van der Waals surface area contributed by atoms with E-state index in [0.717, 1.165) is 10.5 Å². The fourth-order valence-corrected chi connectivity index (χ4v) is 3.96. The number of ether oxygens (including phenoxy) is 1. The van der Waals surface area contributed by atoms with Crippen LogP contribution in [0.5, 0.6) is 0 Å². The van der Waals surface area contributed by atoms with Gasteiger partial charge in [-0.05, 0) is 37.1 Å². The second kappa shape index (κ2) is 7.31. The van der Waals surface area contributed by atoms with Gasteiger partial charge in [-0.2, -0.15) is 5.10 Å². The number of imide groups is 1. The third kappa shape index (κ3) is 2.95. The number of esters is 1. The van der Waals surface area contributed by atoms with Crippen LogP contribution in [0.2, 0.25) is 0 Å². The molecule has 2 amide bonds. The summed E-state index contributed by atoms with van der Waals surface area (Å²) in [7, 11) is 0. The normalized spacial score (nSPS) is 22.1. The average Bonchev–Trinajstić information content (AvgIpc) is 3.24. The number of amides is 2. The number of aryl methyl sites for hydroxylation is 1. The zero-order chi connectivity index (χ0) is 22.3. The molecule has 0 bridgehead atoms. The van der Waals surface area contributed by atoms with Crippen LogP contribution < -0.4 is 10.3 Å². The predicted octanol–water partition coefficient (Wildman–Crippen LogP) is 1.81. The van der Waals surface area contributed by atoms with Crippen molar-refractivity contribution < 1.29 is 24.0 Å². The van der Waals surface area contributed by atoms with Gasteiger partial charge in [-0.1, -0.05) is 24.3 Å². The standard InChI is InChI=1S/C21H18N4O6/c1-3-31-19(27)17-16-18(26)24(14-8-4-6-12(2)10-14)20(28)21(16,23-22-17)13-7-5-9-15(11-13)25(29)30/h4-11,16,23H,3H2,1-2H3. The number of hydrogen-bond donors (Lipinski definition) is 1. The highest BCUT2D eigenvalue weighted by Crippen LogP contribution is 2.45. The first kappa shape index (κ1) is 20.2. The smallest absolute Gasteiger partial charge is 0.355 e. The molecule has 2 unspecified atom stereocenters. The Morgan fingerprint density at radius 1 is 1.26 bits per heavy atom. The maximum absolute atomic E-state index is 13.7. The summed E-state index contributed by atoms with van der Waals surface area (Å²) < 4.78 is 5.02. The van der Waals surface area contributed by atoms with Crippen molar-refractivity contribution in [1.29, 1.82) is 0 Å². The molecule has 2 atom stereocenters. The zero-order valence-electron chi connectivity index (χ0n) is 16.7. The number of non-ortho nitro benzene ring substituents is 1. The van der Waals surface area contributed by atoms with Gasteiger partial charge in [-0.3, -0.25) is 25.1 Å². The van der Waals surface area contributed by atoms with Crippen LogP contribution in [0.15, 0.2) is 53.6 Å². The fraction of sp³-hybridized carbons (Fsp3) is 0.238. The summed E-state index contributed by atoms with van der Waals surface area (Å²) in [4.78, 5) is 51.3. The SMILES string of the molecule is CCOC(=O)C1=NNC2(c3cccc([N+](=O)[O-])c3)C(=O)N(c3cccc(C)c3)C(=O)C12. The van der Waals surface area contributed by atoms with Gasteiger partial charge in [0.05, 0.1) is 17.2 Å². The number of nitrogens with one attached hydrogen (secondary N) is 1. The fourth-order valence-electron chi connectivity index (χ4n) is 3.96. The quantitative estimate of drug-likeness (QED) is 0.336. The molecule has 0 spiro atoms. The summed E-state index contributed by atoms with van der Waals surface area (Å²) in [5.74, 6) is -3.52. The Hall–Kier alpha value is -4.08. The van der Waals surface area contributed by atoms with E-state index in [-0.39, 0.29) is 23.6 Å². The van der Waals surface area contributed by atoms with E-state index < -0.39 is 34.2 Å². The molecule has 10 nitrogen and oxygen atoms in total. The Bertz CT molecular complexity index is 1160. The van der Waals surface area contributed by atoms with Crippen molar-refractivity contribution in [2.75, 3.05) is 11.5 Å². The minimum absolute atomic E-state index is 0.0537. The molecule has 2 aliphatic heterocycles. The lowest BCUT2D eigenvalue weighted by Gasteiger charge is -2.26. The Morgan fingerprint density at radius 2 is 2.00 bits per heavy atom. The molecule has 1 N–H and O–H groups in total. The van der Waals surface area contributed by atoms with Crippen LogP contribution in [-0.4, -0.2) is 35.0 Å². The maximum Gasteiger partial charge on any atom is 0.355 e. The third-order valence-corrected chi connectivity index (χ3v) is 5.32. The largest absolute Gasteiger partial charge is 0.461 e. The number of nitrogens with zero attached hydrogens (tertiary/aromatic N) is 3. The monoisotopic (exact) mass is 422 g/mol. The molecule has 1 fully saturated rings. The lowest BCUT2D eigenvalue weighted by molar-refractivity contribution is -0.385. The molecule has 2 aromatic rings. The summed E-state index contributed by atoms with van der Waals surface area (Å²) in [6.45, 7) is 3.48. The first-order valence-electron chi connectivity index (χ1n) is 9.53. The predicted molar refractivity (Wildman–Crippen MR) is 109 cm³/mol. The van der Waals surface area contributed by atoms with E-state index in [1.807, 2.05) is 13.0 Å². The Labute approximate surface area is 176 Å². The van der Waals surface area contributed by atoms with Gasteiger partial charge in [0.15, 0.2) is 11.3 Å². The molecule has 0 aromatic heterocycles. The zero-order valence-corrected chi connectivity index (χ0v) is 16.7. The van der Waals surface area contributed by atoms with Crippen molar-refractivity contribution in [2.45, 2.75) is 19.4 Å². The van der Waals surface area contributed by atoms with Gasteiger partial charge in [0.1, 0.15) is 5.92 Å². The summed E-state index contributed by atoms with van der Waals surface area (Å²) in [6, 6.07) is 12.2. The van der Waals surface area contributed by atoms with Gasteiger partial charge in [0.25, 0.3) is 11.6 Å². The maximum atomic E-state index is 13.7. The van der Waals surface area contributed by atoms with Crippen molar-refractivity contribution in [1.82, 2.24) is 5.43 Å². The Balaban J connectivity index is 1.90. The van der Waals surface area contributed by atoms with Crippen LogP contribution in [0.1, 0.15) is 18.1 Å². The highest BCUT2D eigenvalue weighted by molar-refractivity contribution is 6.47. The summed E-state index contributed by atoms with van der Waals surface area (Å²) in [6.07, 6.45) is 0. The molecule has 0 aliphatic carbocycles. The van der Waals surface area contributed by atoms with Crippen LogP contribution in [-0.2, 0) is 24.7 Å². The Kier molecular flexibility index (Phi) is 4.77. The number of nitro groups is 1. The molecule has 158 valence electrons. The van der Waals surface area contributed by atoms with E-state index in [1.165, 1.54) is 24.3 Å². The molecular formula is C21H18N4O6. The number of carbonyl (C=O) groups excluding carboxylic acids is 3. The van der Waals surface area contributed by atoms with Gasteiger partial charge in [-0.25, -0.2) is 9.69 Å². The highest BCUT2D eigenvalue weighted by atomic mass is 16.6. The van der Waals surface area contributed by atoms with Gasteiger partial charge >= 0.3 is 5.97 Å². The number of nitro benzene ring substituents is 1. The van der Waals surface area contributed by atoms with E-state index in [9.17, 15) is 24.5 Å². The number of hydrazone groups is 1. The van der Waals surface area contributed by atoms with E-state index in [1.54, 1.807) is 25.1 Å². The molecule has 0 saturated carbocycles. The van der Waals surface area contributed by atoms with Crippen molar-refractivity contribution in [3.63, 3.8) is 0 Å². The number of carbonyl (C=O) groups is 3. The number of hydrogen-bond acceptors (Lipinski definition) is 8. The van der Waals surface area contributed by atoms with Gasteiger partial charge in [0, 0.05) is 12.1 Å². The molecular weight excluding hydrogens is 404 g/mol. The van der Waals surface area contributed by atoms with Gasteiger partial charge in [-0.15, -0.1) is 0 Å². The van der Waals surface area contributed by atoms with Crippen molar-refractivity contribution in [2.24, 2.45) is 11.0 Å². The van der Waals surface area contributed by atoms with Crippen molar-refractivity contribution in [3.8, 4) is 0 Å². The minimum Gasteiger partial charge on any atom is -0.461 e. The number of anilines is 1. The molecule has 2 aromatic carbocycles. The second-order valence-corrected chi connectivity index (χ2v) is 7.20. The highest BCUT2D eigenvalue weighted by Gasteiger charge is 2.67. The van der Waals surface area contributed by atoms with E-state index in [4.69, 9.17) is 4.74 Å². The molecule has 4 rings (SSSR count). The van der Waals surface area contributed by atoms with Crippen LogP contribution in [0.3, 0.4) is 0 Å². The molecule has 0 radical (unpaired) electrons. The van der Waals surface area contributed by atoms with Gasteiger partial charge in [0.2, 0.25) is 5.91 Å². The third-order valence-electron chi connectivity index (χ3n) is 5.32. The van der Waals surface area contributed by atoms with Crippen molar-refractivity contribution >= 4 is 34.9 Å². The van der Waals surface area contributed by atoms with Gasteiger partial charge < -0.3 is 4.74 Å². The molecule has 10 heteroatoms. The Morgan fingerprint density at radius 3 is 2.68 bits per heavy atom. The summed E-state index contributed by atoms with van der Waals surface area (Å²) in [5.41, 5.74) is 1.66. The molecule has 2 heterocycles. The van der Waals surface area contributed by atoms with Crippen LogP contribution in [0.4, 0.5) is 11.4 Å². The first-order valence-corrected chi connectivity index (χ1v) is 9.53. The lowest BCUT2D eigenvalue weighted by atomic mass is 9.78. The first-order chi connectivity index (χ1) is 14.8. The molecule has 1 saturated heterocycles. The summed E-state index contributed by atoms with van der Waals surface area (Å²) >= 11 is 0. The molecule has 2 aliphatic rings. The van der Waals surface area contributed by atoms with E-state index in [0.29, 0.717) is 5.69 Å².